The Balaban J connectivity index is 0.00000576. The largest absolute Gasteiger partial charge is 3.00 e. The molecule has 264 valence electrons. The first-order chi connectivity index (χ1) is 21.8. The van der Waals surface area contributed by atoms with Gasteiger partial charge in [0.05, 0.1) is 34.0 Å². The zero-order valence-corrected chi connectivity index (χ0v) is 37.0. The van der Waals surface area contributed by atoms with E-state index < -0.39 is 23.8 Å². The van der Waals surface area contributed by atoms with E-state index in [0.29, 0.717) is 34.0 Å². The van der Waals surface area contributed by atoms with Crippen LogP contribution in [-0.2, 0) is 34.4 Å². The molecule has 3 aromatic carbocycles. The third kappa shape index (κ3) is 12.8. The quantitative estimate of drug-likeness (QED) is 0.0935. The van der Waals surface area contributed by atoms with Gasteiger partial charge in [-0.1, -0.05) is 54.6 Å². The van der Waals surface area contributed by atoms with Gasteiger partial charge in [0.15, 0.2) is 0 Å². The number of benzene rings is 3. The Hall–Kier alpha value is -0.798. The van der Waals surface area contributed by atoms with Crippen LogP contribution in [0.25, 0.3) is 16.0 Å². The summed E-state index contributed by atoms with van der Waals surface area (Å²) in [6.45, 7) is 28.4. The second kappa shape index (κ2) is 22.2. The van der Waals surface area contributed by atoms with Gasteiger partial charge in [0.2, 0.25) is 0 Å². The van der Waals surface area contributed by atoms with E-state index in [0.717, 1.165) is 53.0 Å². The Kier molecular flexibility index (Phi) is 20.9. The van der Waals surface area contributed by atoms with Crippen LogP contribution in [0.4, 0.5) is 34.1 Å². The van der Waals surface area contributed by atoms with Gasteiger partial charge in [-0.05, 0) is 144 Å². The Morgan fingerprint density at radius 1 is 0.417 bits per heavy atom. The molecule has 0 aliphatic carbocycles. The molecule has 9 heteroatoms. The average molecular weight is 788 g/mol. The molecule has 4 nitrogen and oxygen atoms in total. The van der Waals surface area contributed by atoms with E-state index >= 15 is 0 Å². The van der Waals surface area contributed by atoms with E-state index in [-0.39, 0.29) is 34.4 Å². The summed E-state index contributed by atoms with van der Waals surface area (Å²) in [5, 5.41) is 16.1. The molecule has 0 amide bonds. The number of hydrogen-bond acceptors (Lipinski definition) is 1. The minimum Gasteiger partial charge on any atom is -0.651 e. The maximum Gasteiger partial charge on any atom is 3.00 e. The van der Waals surface area contributed by atoms with Gasteiger partial charge in [0, 0.05) is 34.1 Å². The van der Waals surface area contributed by atoms with Crippen molar-refractivity contribution >= 4 is 57.9 Å². The topological polar surface area (TPSA) is 45.5 Å². The van der Waals surface area contributed by atoms with Crippen molar-refractivity contribution in [3.05, 3.63) is 88.7 Å². The molecule has 0 aromatic heterocycles. The molecule has 3 aromatic rings. The molecule has 0 saturated carbocycles. The Labute approximate surface area is 320 Å². The molecule has 0 aliphatic rings. The van der Waals surface area contributed by atoms with Crippen molar-refractivity contribution in [2.24, 2.45) is 0 Å². The van der Waals surface area contributed by atoms with Gasteiger partial charge in [-0.3, -0.25) is 0 Å². The second-order valence-electron chi connectivity index (χ2n) is 14.4. The van der Waals surface area contributed by atoms with Gasteiger partial charge >= 0.3 is 17.4 Å². The van der Waals surface area contributed by atoms with E-state index in [1.807, 2.05) is 0 Å². The van der Waals surface area contributed by atoms with Crippen molar-refractivity contribution in [3.63, 3.8) is 0 Å². The predicted octanol–water partition coefficient (Wildman–Crippen LogP) is 14.1. The van der Waals surface area contributed by atoms with Gasteiger partial charge in [0.1, 0.15) is 0 Å². The standard InChI is InChI=1S/C39H60N4P3.Cr.Mn/c1-28(2)44(29(3)4)25-40-34-19-13-16-22-37(34)43(38-23-17-14-20-35(38)41-26-45(30(5)6)31(7)8)39-24-18-15-21-36(39)42-27-46(32(9)10)33(11)12;;/h13-24,28-33H,25-27H2,1-12H3;;/q-3;+3;/p+3. The molecule has 0 atom stereocenters. The summed E-state index contributed by atoms with van der Waals surface area (Å²) in [7, 11) is -1.94. The maximum atomic E-state index is 5.37. The Morgan fingerprint density at radius 2 is 0.625 bits per heavy atom. The minimum atomic E-state index is -0.646. The van der Waals surface area contributed by atoms with Crippen molar-refractivity contribution in [2.75, 3.05) is 23.8 Å². The van der Waals surface area contributed by atoms with Gasteiger partial charge in [0.25, 0.3) is 0 Å². The molecule has 0 saturated heterocycles. The molecule has 0 fully saturated rings. The molecular weight excluding hydrogens is 724 g/mol. The normalized spacial score (nSPS) is 11.7. The number of anilines is 3. The summed E-state index contributed by atoms with van der Waals surface area (Å²) in [6, 6.07) is 26.1. The van der Waals surface area contributed by atoms with Crippen molar-refractivity contribution in [1.82, 2.24) is 0 Å². The van der Waals surface area contributed by atoms with Crippen molar-refractivity contribution < 1.29 is 34.4 Å². The fraction of sp³-hybridized carbons (Fsp3) is 0.538. The van der Waals surface area contributed by atoms with Crippen LogP contribution >= 0.6 is 23.8 Å². The molecule has 0 N–H and O–H groups in total. The Bertz CT molecular complexity index is 1150. The maximum absolute atomic E-state index is 5.37. The fourth-order valence-corrected chi connectivity index (χ4v) is 13.6. The zero-order valence-electron chi connectivity index (χ0n) is 31.6. The molecule has 3 rings (SSSR count). The van der Waals surface area contributed by atoms with Gasteiger partial charge in [-0.2, -0.15) is 0 Å². The summed E-state index contributed by atoms with van der Waals surface area (Å²) in [4.78, 5) is 2.40. The summed E-state index contributed by atoms with van der Waals surface area (Å²) in [5.74, 6) is 0. The number of hydrogen-bond donors (Lipinski definition) is 0. The van der Waals surface area contributed by atoms with Crippen LogP contribution in [0.15, 0.2) is 72.8 Å². The number of nitrogens with zero attached hydrogens (tertiary/aromatic N) is 4. The van der Waals surface area contributed by atoms with Crippen LogP contribution in [0.1, 0.15) is 83.1 Å². The van der Waals surface area contributed by atoms with E-state index in [1.165, 1.54) is 0 Å². The molecule has 2 radical (unpaired) electrons. The summed E-state index contributed by atoms with van der Waals surface area (Å²) in [6.07, 6.45) is 2.73. The smallest absolute Gasteiger partial charge is 0.651 e. The van der Waals surface area contributed by atoms with Crippen molar-refractivity contribution in [2.45, 2.75) is 117 Å². The number of para-hydroxylation sites is 6. The zero-order chi connectivity index (χ0) is 34.0. The third-order valence-corrected chi connectivity index (χ3v) is 19.6. The van der Waals surface area contributed by atoms with Crippen LogP contribution < -0.4 is 4.90 Å². The van der Waals surface area contributed by atoms with Crippen LogP contribution in [0, 0.1) is 0 Å². The van der Waals surface area contributed by atoms with E-state index in [2.05, 4.69) is 161 Å². The van der Waals surface area contributed by atoms with Crippen LogP contribution in [-0.4, -0.2) is 52.8 Å². The molecule has 0 spiro atoms. The first-order valence-corrected chi connectivity index (χ1v) is 23.1. The van der Waals surface area contributed by atoms with Crippen LogP contribution in [0.2, 0.25) is 0 Å². The monoisotopic (exact) mass is 787 g/mol. The molecule has 0 bridgehead atoms. The van der Waals surface area contributed by atoms with Crippen molar-refractivity contribution in [1.29, 1.82) is 0 Å². The van der Waals surface area contributed by atoms with Gasteiger partial charge in [-0.25, -0.2) is 0 Å². The second-order valence-corrected chi connectivity index (χ2v) is 25.7. The first-order valence-electron chi connectivity index (χ1n) is 17.5. The fourth-order valence-electron chi connectivity index (χ4n) is 6.37. The SMILES string of the molecule is CC(C)[PH+](C[N-]c1ccccc1N(c1ccccc1[N-]C[PH+](C(C)C)C(C)C)c1ccccc1[N-]C[PH+](C(C)C)C(C)C)C(C)C.[Cr+3].[Mn]. The van der Waals surface area contributed by atoms with E-state index in [4.69, 9.17) is 16.0 Å². The van der Waals surface area contributed by atoms with Gasteiger partial charge in [-0.15, -0.1) is 17.1 Å². The van der Waals surface area contributed by atoms with E-state index in [9.17, 15) is 0 Å². The van der Waals surface area contributed by atoms with Crippen LogP contribution in [0.3, 0.4) is 0 Å². The molecule has 0 heterocycles. The summed E-state index contributed by atoms with van der Waals surface area (Å²) < 4.78 is 0. The van der Waals surface area contributed by atoms with Crippen molar-refractivity contribution in [3.8, 4) is 0 Å². The molecule has 0 aliphatic heterocycles. The Morgan fingerprint density at radius 3 is 0.833 bits per heavy atom. The predicted molar refractivity (Wildman–Crippen MR) is 221 cm³/mol. The van der Waals surface area contributed by atoms with E-state index in [1.54, 1.807) is 0 Å². The molecule has 0 unspecified atom stereocenters. The van der Waals surface area contributed by atoms with Crippen LogP contribution in [0.5, 0.6) is 0 Å². The van der Waals surface area contributed by atoms with Gasteiger partial charge < -0.3 is 20.9 Å². The number of rotatable bonds is 18. The minimum absolute atomic E-state index is 0. The molecule has 48 heavy (non-hydrogen) atoms. The summed E-state index contributed by atoms with van der Waals surface area (Å²) in [5.41, 5.74) is 10.4. The third-order valence-electron chi connectivity index (χ3n) is 9.11. The first kappa shape index (κ1) is 45.2. The average Bonchev–Trinajstić information content (AvgIpc) is 2.98. The molecular formula is C39H63CrMnN4P3+3. The summed E-state index contributed by atoms with van der Waals surface area (Å²) >= 11 is 0.